The number of likely N-dealkylation sites (tertiary alicyclic amines) is 1. The Balaban J connectivity index is 1.64. The second-order valence-corrected chi connectivity index (χ2v) is 6.51. The van der Waals surface area contributed by atoms with Gasteiger partial charge in [0, 0.05) is 30.1 Å². The lowest BCUT2D eigenvalue weighted by atomic mass is 10.0. The number of aromatic nitrogens is 1. The predicted molar refractivity (Wildman–Crippen MR) is 84.6 cm³/mol. The van der Waals surface area contributed by atoms with Gasteiger partial charge in [-0.15, -0.1) is 11.3 Å². The number of hydrogen-bond acceptors (Lipinski definition) is 4. The van der Waals surface area contributed by atoms with E-state index < -0.39 is 0 Å². The molecule has 1 aliphatic heterocycles. The first kappa shape index (κ1) is 13.7. The summed E-state index contributed by atoms with van der Waals surface area (Å²) in [5, 5.41) is 3.30. The fraction of sp³-hybridized carbons (Fsp3) is 0.438. The van der Waals surface area contributed by atoms with Gasteiger partial charge in [0.2, 0.25) is 0 Å². The van der Waals surface area contributed by atoms with Crippen LogP contribution in [0.1, 0.15) is 19.0 Å². The van der Waals surface area contributed by atoms with Gasteiger partial charge in [0.05, 0.1) is 5.69 Å². The zero-order valence-corrected chi connectivity index (χ0v) is 12.6. The summed E-state index contributed by atoms with van der Waals surface area (Å²) in [6.07, 6.45) is 1.22. The quantitative estimate of drug-likeness (QED) is 0.940. The Hall–Kier alpha value is -1.23. The third-order valence-electron chi connectivity index (χ3n) is 4.01. The van der Waals surface area contributed by atoms with E-state index in [1.165, 1.54) is 17.7 Å². The maximum absolute atomic E-state index is 5.99. The zero-order valence-electron chi connectivity index (χ0n) is 11.8. The number of thiazole rings is 1. The lowest BCUT2D eigenvalue weighted by Crippen LogP contribution is -2.29. The minimum absolute atomic E-state index is 0.301. The maximum atomic E-state index is 5.99. The van der Waals surface area contributed by atoms with E-state index in [1.54, 1.807) is 11.3 Å². The molecule has 2 heterocycles. The molecule has 2 unspecified atom stereocenters. The SMILES string of the molecule is CC(N)C1CCN(Cc2csc(-c3ccccc3)n2)C1. The van der Waals surface area contributed by atoms with E-state index >= 15 is 0 Å². The van der Waals surface area contributed by atoms with Gasteiger partial charge in [-0.25, -0.2) is 4.98 Å². The molecule has 0 radical (unpaired) electrons. The second kappa shape index (κ2) is 6.04. The molecule has 1 saturated heterocycles. The molecule has 1 aromatic carbocycles. The fourth-order valence-corrected chi connectivity index (χ4v) is 3.57. The molecule has 0 saturated carbocycles. The highest BCUT2D eigenvalue weighted by molar-refractivity contribution is 7.13. The number of benzene rings is 1. The normalized spacial score (nSPS) is 21.2. The molecule has 2 aromatic rings. The van der Waals surface area contributed by atoms with Gasteiger partial charge in [-0.3, -0.25) is 4.90 Å². The lowest BCUT2D eigenvalue weighted by molar-refractivity contribution is 0.305. The molecule has 4 heteroatoms. The molecule has 20 heavy (non-hydrogen) atoms. The third-order valence-corrected chi connectivity index (χ3v) is 4.95. The molecule has 0 spiro atoms. The van der Waals surface area contributed by atoms with Crippen molar-refractivity contribution < 1.29 is 0 Å². The summed E-state index contributed by atoms with van der Waals surface area (Å²) in [5.41, 5.74) is 8.38. The van der Waals surface area contributed by atoms with Crippen molar-refractivity contribution in [1.82, 2.24) is 9.88 Å². The van der Waals surface area contributed by atoms with Crippen molar-refractivity contribution in [2.45, 2.75) is 25.9 Å². The highest BCUT2D eigenvalue weighted by atomic mass is 32.1. The summed E-state index contributed by atoms with van der Waals surface area (Å²) in [5.74, 6) is 0.641. The summed E-state index contributed by atoms with van der Waals surface area (Å²) in [7, 11) is 0. The van der Waals surface area contributed by atoms with Crippen LogP contribution in [0.5, 0.6) is 0 Å². The minimum Gasteiger partial charge on any atom is -0.328 e. The van der Waals surface area contributed by atoms with Crippen LogP contribution in [0.3, 0.4) is 0 Å². The van der Waals surface area contributed by atoms with E-state index in [4.69, 9.17) is 10.7 Å². The van der Waals surface area contributed by atoms with Crippen LogP contribution in [0.25, 0.3) is 10.6 Å². The van der Waals surface area contributed by atoms with E-state index in [0.717, 1.165) is 24.6 Å². The smallest absolute Gasteiger partial charge is 0.123 e. The van der Waals surface area contributed by atoms with Crippen molar-refractivity contribution in [3.8, 4) is 10.6 Å². The van der Waals surface area contributed by atoms with Crippen LogP contribution in [-0.4, -0.2) is 29.0 Å². The van der Waals surface area contributed by atoms with Gasteiger partial charge >= 0.3 is 0 Å². The maximum Gasteiger partial charge on any atom is 0.123 e. The molecule has 3 nitrogen and oxygen atoms in total. The summed E-state index contributed by atoms with van der Waals surface area (Å²) >= 11 is 1.73. The number of hydrogen-bond donors (Lipinski definition) is 1. The van der Waals surface area contributed by atoms with Gasteiger partial charge < -0.3 is 5.73 Å². The Kier molecular flexibility index (Phi) is 4.15. The van der Waals surface area contributed by atoms with Gasteiger partial charge in [-0.2, -0.15) is 0 Å². The van der Waals surface area contributed by atoms with Crippen LogP contribution >= 0.6 is 11.3 Å². The first-order valence-electron chi connectivity index (χ1n) is 7.20. The number of nitrogens with two attached hydrogens (primary N) is 1. The van der Waals surface area contributed by atoms with E-state index in [0.29, 0.717) is 12.0 Å². The first-order chi connectivity index (χ1) is 9.72. The molecule has 0 aliphatic carbocycles. The van der Waals surface area contributed by atoms with Gasteiger partial charge in [-0.05, 0) is 25.8 Å². The minimum atomic E-state index is 0.301. The van der Waals surface area contributed by atoms with Crippen LogP contribution in [0, 0.1) is 5.92 Å². The summed E-state index contributed by atoms with van der Waals surface area (Å²) < 4.78 is 0. The average molecular weight is 287 g/mol. The van der Waals surface area contributed by atoms with Crippen molar-refractivity contribution >= 4 is 11.3 Å². The highest BCUT2D eigenvalue weighted by Gasteiger charge is 2.25. The molecule has 2 atom stereocenters. The molecule has 106 valence electrons. The molecule has 1 fully saturated rings. The molecule has 0 amide bonds. The summed E-state index contributed by atoms with van der Waals surface area (Å²) in [6, 6.07) is 10.7. The Morgan fingerprint density at radius 3 is 2.90 bits per heavy atom. The fourth-order valence-electron chi connectivity index (χ4n) is 2.76. The molecular formula is C16H21N3S. The van der Waals surface area contributed by atoms with Crippen molar-refractivity contribution in [3.05, 3.63) is 41.4 Å². The number of rotatable bonds is 4. The Morgan fingerprint density at radius 2 is 2.20 bits per heavy atom. The largest absolute Gasteiger partial charge is 0.328 e. The average Bonchev–Trinajstić information content (AvgIpc) is 3.10. The van der Waals surface area contributed by atoms with E-state index in [1.807, 2.05) is 6.07 Å². The molecule has 1 aliphatic rings. The summed E-state index contributed by atoms with van der Waals surface area (Å²) in [4.78, 5) is 7.23. The predicted octanol–water partition coefficient (Wildman–Crippen LogP) is 2.98. The van der Waals surface area contributed by atoms with E-state index in [-0.39, 0.29) is 0 Å². The lowest BCUT2D eigenvalue weighted by Gasteiger charge is -2.16. The van der Waals surface area contributed by atoms with Crippen LogP contribution in [-0.2, 0) is 6.54 Å². The highest BCUT2D eigenvalue weighted by Crippen LogP contribution is 2.25. The Labute approximate surface area is 124 Å². The molecular weight excluding hydrogens is 266 g/mol. The van der Waals surface area contributed by atoms with Gasteiger partial charge in [0.15, 0.2) is 0 Å². The molecule has 3 rings (SSSR count). The van der Waals surface area contributed by atoms with Gasteiger partial charge in [0.25, 0.3) is 0 Å². The van der Waals surface area contributed by atoms with Crippen LogP contribution in [0.15, 0.2) is 35.7 Å². The number of nitrogens with zero attached hydrogens (tertiary/aromatic N) is 2. The molecule has 2 N–H and O–H groups in total. The standard InChI is InChI=1S/C16H21N3S/c1-12(17)14-7-8-19(9-14)10-15-11-20-16(18-15)13-5-3-2-4-6-13/h2-6,11-12,14H,7-10,17H2,1H3. The monoisotopic (exact) mass is 287 g/mol. The Bertz CT molecular complexity index is 550. The van der Waals surface area contributed by atoms with Crippen molar-refractivity contribution in [2.24, 2.45) is 11.7 Å². The first-order valence-corrected chi connectivity index (χ1v) is 8.08. The molecule has 0 bridgehead atoms. The van der Waals surface area contributed by atoms with Crippen molar-refractivity contribution in [1.29, 1.82) is 0 Å². The third kappa shape index (κ3) is 3.08. The zero-order chi connectivity index (χ0) is 13.9. The molecule has 1 aromatic heterocycles. The van der Waals surface area contributed by atoms with Crippen molar-refractivity contribution in [2.75, 3.05) is 13.1 Å². The van der Waals surface area contributed by atoms with E-state index in [2.05, 4.69) is 41.5 Å². The van der Waals surface area contributed by atoms with Gasteiger partial charge in [0.1, 0.15) is 5.01 Å². The summed E-state index contributed by atoms with van der Waals surface area (Å²) in [6.45, 7) is 5.32. The van der Waals surface area contributed by atoms with Crippen molar-refractivity contribution in [3.63, 3.8) is 0 Å². The van der Waals surface area contributed by atoms with Crippen LogP contribution in [0.2, 0.25) is 0 Å². The second-order valence-electron chi connectivity index (χ2n) is 5.65. The van der Waals surface area contributed by atoms with Crippen LogP contribution in [0.4, 0.5) is 0 Å². The Morgan fingerprint density at radius 1 is 1.40 bits per heavy atom. The van der Waals surface area contributed by atoms with Crippen LogP contribution < -0.4 is 5.73 Å². The topological polar surface area (TPSA) is 42.1 Å². The van der Waals surface area contributed by atoms with E-state index in [9.17, 15) is 0 Å². The van der Waals surface area contributed by atoms with Gasteiger partial charge in [-0.1, -0.05) is 30.3 Å².